The fraction of sp³-hybridized carbons (Fsp3) is 0.793. The first kappa shape index (κ1) is 22.4. The van der Waals surface area contributed by atoms with Crippen LogP contribution >= 0.6 is 0 Å². The monoisotopic (exact) mass is 410 g/mol. The minimum absolute atomic E-state index is 0.118. The molecule has 1 N–H and O–H groups in total. The number of rotatable bonds is 3. The van der Waals surface area contributed by atoms with E-state index in [0.29, 0.717) is 34.0 Å². The Kier molecular flexibility index (Phi) is 5.70. The lowest BCUT2D eigenvalue weighted by Crippen LogP contribution is -2.46. The van der Waals surface area contributed by atoms with Crippen molar-refractivity contribution in [3.05, 3.63) is 35.5 Å². The Bertz CT molecular complexity index is 749. The lowest BCUT2D eigenvalue weighted by molar-refractivity contribution is 0.0382. The van der Waals surface area contributed by atoms with Crippen molar-refractivity contribution in [3.8, 4) is 0 Å². The van der Waals surface area contributed by atoms with E-state index in [-0.39, 0.29) is 6.10 Å². The predicted octanol–water partition coefficient (Wildman–Crippen LogP) is 7.72. The Morgan fingerprint density at radius 1 is 0.967 bits per heavy atom. The molecule has 0 spiro atoms. The van der Waals surface area contributed by atoms with Crippen LogP contribution in [-0.4, -0.2) is 11.2 Å². The van der Waals surface area contributed by atoms with Crippen molar-refractivity contribution >= 4 is 0 Å². The van der Waals surface area contributed by atoms with Gasteiger partial charge in [-0.3, -0.25) is 0 Å². The van der Waals surface area contributed by atoms with E-state index in [4.69, 9.17) is 0 Å². The summed E-state index contributed by atoms with van der Waals surface area (Å²) in [5.41, 5.74) is 4.40. The minimum atomic E-state index is -0.118. The molecular weight excluding hydrogens is 364 g/mol. The number of hydrogen-bond donors (Lipinski definition) is 1. The van der Waals surface area contributed by atoms with Crippen molar-refractivity contribution in [3.63, 3.8) is 0 Å². The van der Waals surface area contributed by atoms with Crippen molar-refractivity contribution in [2.45, 2.75) is 99.5 Å². The standard InChI is InChI=1S/C29H46O/c1-19(8-9-20(2)27(3,4)5)24-12-13-25-23-11-10-21-18-22(30)14-16-28(21,6)26(23)15-17-29(24,25)7/h8-11,19-20,22,24-26,30H,12-18H2,1-7H3/b9-8+/t19-,20+,22+,24-,25-,26-,28+,29-/m1/s1. The van der Waals surface area contributed by atoms with Crippen LogP contribution in [0.3, 0.4) is 0 Å². The molecule has 0 aromatic rings. The van der Waals surface area contributed by atoms with Gasteiger partial charge in [0, 0.05) is 0 Å². The van der Waals surface area contributed by atoms with E-state index < -0.39 is 0 Å². The van der Waals surface area contributed by atoms with Crippen molar-refractivity contribution in [2.24, 2.45) is 45.8 Å². The second kappa shape index (κ2) is 7.65. The highest BCUT2D eigenvalue weighted by atomic mass is 16.3. The molecule has 4 rings (SSSR count). The average molecular weight is 411 g/mol. The molecule has 0 bridgehead atoms. The molecule has 3 fully saturated rings. The van der Waals surface area contributed by atoms with Gasteiger partial charge in [0.1, 0.15) is 0 Å². The topological polar surface area (TPSA) is 20.2 Å². The van der Waals surface area contributed by atoms with E-state index in [1.54, 1.807) is 5.57 Å². The maximum absolute atomic E-state index is 10.2. The molecule has 0 aromatic carbocycles. The van der Waals surface area contributed by atoms with Gasteiger partial charge in [0.15, 0.2) is 0 Å². The molecule has 0 amide bonds. The highest BCUT2D eigenvalue weighted by Gasteiger charge is 2.56. The molecule has 0 aromatic heterocycles. The van der Waals surface area contributed by atoms with E-state index in [1.165, 1.54) is 37.7 Å². The summed E-state index contributed by atoms with van der Waals surface area (Å²) >= 11 is 0. The summed E-state index contributed by atoms with van der Waals surface area (Å²) in [6.07, 6.45) is 18.4. The summed E-state index contributed by atoms with van der Waals surface area (Å²) in [4.78, 5) is 0. The Morgan fingerprint density at radius 3 is 2.40 bits per heavy atom. The summed E-state index contributed by atoms with van der Waals surface area (Å²) in [5.74, 6) is 3.57. The van der Waals surface area contributed by atoms with Crippen molar-refractivity contribution in [2.75, 3.05) is 0 Å². The second-order valence-corrected chi connectivity index (χ2v) is 12.9. The molecule has 30 heavy (non-hydrogen) atoms. The minimum Gasteiger partial charge on any atom is -0.393 e. The fourth-order valence-electron chi connectivity index (χ4n) is 7.65. The van der Waals surface area contributed by atoms with E-state index in [2.05, 4.69) is 72.8 Å². The number of aliphatic hydroxyl groups is 1. The summed E-state index contributed by atoms with van der Waals surface area (Å²) in [7, 11) is 0. The summed E-state index contributed by atoms with van der Waals surface area (Å²) in [6.45, 7) is 17.0. The largest absolute Gasteiger partial charge is 0.393 e. The molecule has 168 valence electrons. The molecule has 4 aliphatic carbocycles. The van der Waals surface area contributed by atoms with Gasteiger partial charge in [-0.2, -0.15) is 0 Å². The molecule has 0 heterocycles. The Balaban J connectivity index is 1.56. The van der Waals surface area contributed by atoms with Crippen LogP contribution in [0.1, 0.15) is 93.4 Å². The summed E-state index contributed by atoms with van der Waals surface area (Å²) < 4.78 is 0. The maximum atomic E-state index is 10.2. The van der Waals surface area contributed by atoms with E-state index in [1.807, 2.05) is 0 Å². The van der Waals surface area contributed by atoms with Crippen molar-refractivity contribution < 1.29 is 5.11 Å². The van der Waals surface area contributed by atoms with Crippen molar-refractivity contribution in [1.29, 1.82) is 0 Å². The first-order valence-corrected chi connectivity index (χ1v) is 12.7. The van der Waals surface area contributed by atoms with E-state index in [9.17, 15) is 5.11 Å². The lowest BCUT2D eigenvalue weighted by atomic mass is 9.50. The SMILES string of the molecule is C[C@H](/C=C/[C@H](C)C(C)(C)C)[C@H]1CC[C@@H]2C3=CC=C4C[C@@H](O)CC[C@]4(C)[C@@H]3CC[C@@]21C. The third-order valence-corrected chi connectivity index (χ3v) is 10.3. The van der Waals surface area contributed by atoms with Gasteiger partial charge in [0.25, 0.3) is 0 Å². The van der Waals surface area contributed by atoms with Gasteiger partial charge in [-0.25, -0.2) is 0 Å². The van der Waals surface area contributed by atoms with Gasteiger partial charge in [-0.1, -0.05) is 83.9 Å². The average Bonchev–Trinajstić information content (AvgIpc) is 3.03. The molecule has 0 radical (unpaired) electrons. The quantitative estimate of drug-likeness (QED) is 0.472. The molecular formula is C29H46O. The van der Waals surface area contributed by atoms with Gasteiger partial charge in [-0.05, 0) is 90.8 Å². The third-order valence-electron chi connectivity index (χ3n) is 10.3. The van der Waals surface area contributed by atoms with Crippen molar-refractivity contribution in [1.82, 2.24) is 0 Å². The summed E-state index contributed by atoms with van der Waals surface area (Å²) in [5, 5.41) is 10.2. The Labute approximate surface area is 186 Å². The Morgan fingerprint density at radius 2 is 1.70 bits per heavy atom. The Hall–Kier alpha value is -0.820. The van der Waals surface area contributed by atoms with Crippen LogP contribution in [0.5, 0.6) is 0 Å². The molecule has 0 aliphatic heterocycles. The van der Waals surface area contributed by atoms with Crippen LogP contribution in [-0.2, 0) is 0 Å². The molecule has 1 heteroatoms. The molecule has 0 unspecified atom stereocenters. The van der Waals surface area contributed by atoms with Gasteiger partial charge >= 0.3 is 0 Å². The number of allylic oxidation sites excluding steroid dienone is 5. The lowest BCUT2D eigenvalue weighted by Gasteiger charge is -2.55. The third kappa shape index (κ3) is 3.58. The predicted molar refractivity (Wildman–Crippen MR) is 128 cm³/mol. The van der Waals surface area contributed by atoms with Crippen LogP contribution in [0.2, 0.25) is 0 Å². The van der Waals surface area contributed by atoms with Crippen LogP contribution in [0.15, 0.2) is 35.5 Å². The highest BCUT2D eigenvalue weighted by molar-refractivity contribution is 5.39. The smallest absolute Gasteiger partial charge is 0.0578 e. The zero-order chi connectivity index (χ0) is 21.9. The number of hydrogen-bond acceptors (Lipinski definition) is 1. The first-order valence-electron chi connectivity index (χ1n) is 12.7. The van der Waals surface area contributed by atoms with Crippen LogP contribution < -0.4 is 0 Å². The van der Waals surface area contributed by atoms with Gasteiger partial charge in [-0.15, -0.1) is 0 Å². The molecule has 4 aliphatic rings. The molecule has 3 saturated carbocycles. The highest BCUT2D eigenvalue weighted by Crippen LogP contribution is 2.66. The van der Waals surface area contributed by atoms with Crippen LogP contribution in [0.4, 0.5) is 0 Å². The summed E-state index contributed by atoms with van der Waals surface area (Å²) in [6, 6.07) is 0. The molecule has 8 atom stereocenters. The van der Waals surface area contributed by atoms with E-state index in [0.717, 1.165) is 24.7 Å². The van der Waals surface area contributed by atoms with Gasteiger partial charge in [0.2, 0.25) is 0 Å². The van der Waals surface area contributed by atoms with E-state index >= 15 is 0 Å². The molecule has 0 saturated heterocycles. The zero-order valence-electron chi connectivity index (χ0n) is 20.7. The zero-order valence-corrected chi connectivity index (χ0v) is 20.7. The normalized spacial score (nSPS) is 43.3. The van der Waals surface area contributed by atoms with Crippen LogP contribution in [0, 0.1) is 45.8 Å². The van der Waals surface area contributed by atoms with Gasteiger partial charge < -0.3 is 5.11 Å². The number of fused-ring (bicyclic) bond motifs is 5. The maximum Gasteiger partial charge on any atom is 0.0578 e. The van der Waals surface area contributed by atoms with Gasteiger partial charge in [0.05, 0.1) is 6.10 Å². The van der Waals surface area contributed by atoms with Crippen LogP contribution in [0.25, 0.3) is 0 Å². The number of aliphatic hydroxyl groups excluding tert-OH is 1. The second-order valence-electron chi connectivity index (χ2n) is 12.9. The first-order chi connectivity index (χ1) is 14.0. The molecule has 1 nitrogen and oxygen atoms in total. The fourth-order valence-corrected chi connectivity index (χ4v) is 7.65.